The van der Waals surface area contributed by atoms with Gasteiger partial charge in [-0.3, -0.25) is 4.79 Å². The molecule has 24 heavy (non-hydrogen) atoms. The predicted molar refractivity (Wildman–Crippen MR) is 95.8 cm³/mol. The molecule has 0 saturated carbocycles. The van der Waals surface area contributed by atoms with Gasteiger partial charge in [-0.05, 0) is 65.2 Å². The number of hydrogen-bond acceptors (Lipinski definition) is 3. The van der Waals surface area contributed by atoms with Crippen LogP contribution in [0.5, 0.6) is 0 Å². The first-order valence-electron chi connectivity index (χ1n) is 7.96. The van der Waals surface area contributed by atoms with E-state index in [1.54, 1.807) is 18.3 Å². The number of hydrogen-bond donors (Lipinski definition) is 0. The molecule has 2 aromatic rings. The van der Waals surface area contributed by atoms with Gasteiger partial charge in [0.2, 0.25) is 0 Å². The summed E-state index contributed by atoms with van der Waals surface area (Å²) in [6.07, 6.45) is 2.68. The van der Waals surface area contributed by atoms with Crippen molar-refractivity contribution in [3.05, 3.63) is 57.9 Å². The predicted octanol–water partition coefficient (Wildman–Crippen LogP) is 3.64. The maximum Gasteiger partial charge on any atom is 0.253 e. The van der Waals surface area contributed by atoms with E-state index in [0.29, 0.717) is 18.7 Å². The van der Waals surface area contributed by atoms with Crippen molar-refractivity contribution in [1.82, 2.24) is 9.88 Å². The van der Waals surface area contributed by atoms with Gasteiger partial charge in [0, 0.05) is 42.4 Å². The number of benzene rings is 1. The van der Waals surface area contributed by atoms with Crippen molar-refractivity contribution in [2.75, 3.05) is 31.1 Å². The highest BCUT2D eigenvalue weighted by Gasteiger charge is 2.21. The Kier molecular flexibility index (Phi) is 5.14. The first kappa shape index (κ1) is 16.9. The lowest BCUT2D eigenvalue weighted by Crippen LogP contribution is -2.35. The summed E-state index contributed by atoms with van der Waals surface area (Å²) in [6.45, 7) is 4.97. The lowest BCUT2D eigenvalue weighted by Gasteiger charge is -2.24. The van der Waals surface area contributed by atoms with Crippen LogP contribution in [0.2, 0.25) is 0 Å². The minimum Gasteiger partial charge on any atom is -0.355 e. The third-order valence-electron chi connectivity index (χ3n) is 4.19. The molecule has 1 amide bonds. The number of halogens is 2. The summed E-state index contributed by atoms with van der Waals surface area (Å²) in [7, 11) is 0. The van der Waals surface area contributed by atoms with Crippen LogP contribution in [0.4, 0.5) is 10.2 Å². The van der Waals surface area contributed by atoms with Crippen molar-refractivity contribution in [3.63, 3.8) is 0 Å². The summed E-state index contributed by atoms with van der Waals surface area (Å²) in [4.78, 5) is 21.2. The average molecular weight is 392 g/mol. The fourth-order valence-electron chi connectivity index (χ4n) is 2.97. The standard InChI is InChI=1S/C18H19BrFN3O/c1-13-11-15(19)12-21-17(13)22-7-2-8-23(10-9-22)18(24)14-3-5-16(20)6-4-14/h3-6,11-12H,2,7-10H2,1H3. The van der Waals surface area contributed by atoms with E-state index in [9.17, 15) is 9.18 Å². The van der Waals surface area contributed by atoms with E-state index < -0.39 is 0 Å². The van der Waals surface area contributed by atoms with Crippen LogP contribution in [-0.4, -0.2) is 42.0 Å². The van der Waals surface area contributed by atoms with Gasteiger partial charge in [0.25, 0.3) is 5.91 Å². The van der Waals surface area contributed by atoms with E-state index in [4.69, 9.17) is 0 Å². The number of anilines is 1. The molecule has 0 spiro atoms. The van der Waals surface area contributed by atoms with Crippen LogP contribution in [0.15, 0.2) is 41.0 Å². The maximum atomic E-state index is 13.0. The van der Waals surface area contributed by atoms with E-state index >= 15 is 0 Å². The fraction of sp³-hybridized carbons (Fsp3) is 0.333. The normalized spacial score (nSPS) is 15.3. The minimum atomic E-state index is -0.328. The quantitative estimate of drug-likeness (QED) is 0.783. The highest BCUT2D eigenvalue weighted by Crippen LogP contribution is 2.22. The van der Waals surface area contributed by atoms with Crippen molar-refractivity contribution in [2.24, 2.45) is 0 Å². The van der Waals surface area contributed by atoms with Crippen LogP contribution in [0.1, 0.15) is 22.3 Å². The second-order valence-electron chi connectivity index (χ2n) is 5.93. The number of aryl methyl sites for hydroxylation is 1. The van der Waals surface area contributed by atoms with Crippen molar-refractivity contribution in [3.8, 4) is 0 Å². The number of rotatable bonds is 2. The van der Waals surface area contributed by atoms with Gasteiger partial charge in [-0.15, -0.1) is 0 Å². The second kappa shape index (κ2) is 7.30. The number of carbonyl (C=O) groups excluding carboxylic acids is 1. The van der Waals surface area contributed by atoms with Gasteiger partial charge in [-0.25, -0.2) is 9.37 Å². The highest BCUT2D eigenvalue weighted by atomic mass is 79.9. The lowest BCUT2D eigenvalue weighted by atomic mass is 10.2. The molecule has 0 unspecified atom stereocenters. The number of nitrogens with zero attached hydrogens (tertiary/aromatic N) is 3. The van der Waals surface area contributed by atoms with E-state index in [-0.39, 0.29) is 11.7 Å². The number of aromatic nitrogens is 1. The first-order valence-corrected chi connectivity index (χ1v) is 8.76. The van der Waals surface area contributed by atoms with Crippen molar-refractivity contribution in [1.29, 1.82) is 0 Å². The Morgan fingerprint density at radius 3 is 2.62 bits per heavy atom. The molecule has 1 fully saturated rings. The molecule has 1 saturated heterocycles. The molecule has 3 rings (SSSR count). The Morgan fingerprint density at radius 2 is 1.92 bits per heavy atom. The van der Waals surface area contributed by atoms with Crippen molar-refractivity contribution >= 4 is 27.7 Å². The van der Waals surface area contributed by atoms with E-state index in [1.165, 1.54) is 12.1 Å². The average Bonchev–Trinajstić information content (AvgIpc) is 2.81. The molecule has 1 aromatic heterocycles. The van der Waals surface area contributed by atoms with Crippen LogP contribution >= 0.6 is 15.9 Å². The Morgan fingerprint density at radius 1 is 1.17 bits per heavy atom. The number of amides is 1. The van der Waals surface area contributed by atoms with Gasteiger partial charge in [-0.2, -0.15) is 0 Å². The SMILES string of the molecule is Cc1cc(Br)cnc1N1CCCN(C(=O)c2ccc(F)cc2)CC1. The molecule has 0 N–H and O–H groups in total. The zero-order valence-electron chi connectivity index (χ0n) is 13.5. The van der Waals surface area contributed by atoms with Crippen LogP contribution in [0.25, 0.3) is 0 Å². The molecule has 4 nitrogen and oxygen atoms in total. The van der Waals surface area contributed by atoms with Crippen molar-refractivity contribution < 1.29 is 9.18 Å². The molecule has 126 valence electrons. The fourth-order valence-corrected chi connectivity index (χ4v) is 3.42. The van der Waals surface area contributed by atoms with Gasteiger partial charge < -0.3 is 9.80 Å². The zero-order valence-corrected chi connectivity index (χ0v) is 15.1. The lowest BCUT2D eigenvalue weighted by molar-refractivity contribution is 0.0767. The number of pyridine rings is 1. The summed E-state index contributed by atoms with van der Waals surface area (Å²) in [5.74, 6) is 0.594. The Labute approximate surface area is 149 Å². The first-order chi connectivity index (χ1) is 11.5. The molecule has 0 aliphatic carbocycles. The van der Waals surface area contributed by atoms with Gasteiger partial charge in [0.05, 0.1) is 0 Å². The molecule has 6 heteroatoms. The largest absolute Gasteiger partial charge is 0.355 e. The zero-order chi connectivity index (χ0) is 17.1. The molecule has 1 aliphatic heterocycles. The van der Waals surface area contributed by atoms with Gasteiger partial charge in [0.15, 0.2) is 0 Å². The summed E-state index contributed by atoms with van der Waals surface area (Å²) >= 11 is 3.43. The Balaban J connectivity index is 1.70. The van der Waals surface area contributed by atoms with Gasteiger partial charge in [0.1, 0.15) is 11.6 Å². The summed E-state index contributed by atoms with van der Waals surface area (Å²) in [5.41, 5.74) is 1.64. The van der Waals surface area contributed by atoms with Gasteiger partial charge >= 0.3 is 0 Å². The Bertz CT molecular complexity index is 736. The van der Waals surface area contributed by atoms with Crippen LogP contribution in [0.3, 0.4) is 0 Å². The highest BCUT2D eigenvalue weighted by molar-refractivity contribution is 9.10. The van der Waals surface area contributed by atoms with E-state index in [2.05, 4.69) is 31.9 Å². The molecular formula is C18H19BrFN3O. The molecule has 0 radical (unpaired) electrons. The van der Waals surface area contributed by atoms with Crippen LogP contribution in [0, 0.1) is 12.7 Å². The molecule has 2 heterocycles. The third-order valence-corrected chi connectivity index (χ3v) is 4.62. The van der Waals surface area contributed by atoms with E-state index in [0.717, 1.165) is 35.4 Å². The van der Waals surface area contributed by atoms with Crippen LogP contribution < -0.4 is 4.90 Å². The summed E-state index contributed by atoms with van der Waals surface area (Å²) in [5, 5.41) is 0. The summed E-state index contributed by atoms with van der Waals surface area (Å²) < 4.78 is 14.0. The smallest absolute Gasteiger partial charge is 0.253 e. The Hall–Kier alpha value is -1.95. The minimum absolute atomic E-state index is 0.0441. The van der Waals surface area contributed by atoms with E-state index in [1.807, 2.05) is 11.8 Å². The summed E-state index contributed by atoms with van der Waals surface area (Å²) in [6, 6.07) is 7.79. The second-order valence-corrected chi connectivity index (χ2v) is 6.85. The number of carbonyl (C=O) groups is 1. The molecule has 1 aliphatic rings. The molecule has 1 aromatic carbocycles. The van der Waals surface area contributed by atoms with Gasteiger partial charge in [-0.1, -0.05) is 0 Å². The topological polar surface area (TPSA) is 36.4 Å². The molecule has 0 bridgehead atoms. The molecular weight excluding hydrogens is 373 g/mol. The molecule has 0 atom stereocenters. The third kappa shape index (κ3) is 3.75. The monoisotopic (exact) mass is 391 g/mol. The van der Waals surface area contributed by atoms with Crippen molar-refractivity contribution in [2.45, 2.75) is 13.3 Å². The van der Waals surface area contributed by atoms with Crippen LogP contribution in [-0.2, 0) is 0 Å². The maximum absolute atomic E-state index is 13.0.